The first kappa shape index (κ1) is 22.4. The van der Waals surface area contributed by atoms with Gasteiger partial charge in [0.2, 0.25) is 5.82 Å². The minimum Gasteiger partial charge on any atom is -0.497 e. The number of aryl methyl sites for hydroxylation is 2. The van der Waals surface area contributed by atoms with Gasteiger partial charge in [-0.25, -0.2) is 9.67 Å². The minimum atomic E-state index is -0.479. The summed E-state index contributed by atoms with van der Waals surface area (Å²) in [7, 11) is 3.08. The van der Waals surface area contributed by atoms with Crippen LogP contribution in [0.4, 0.5) is 5.69 Å². The Morgan fingerprint density at radius 2 is 1.82 bits per heavy atom. The van der Waals surface area contributed by atoms with Gasteiger partial charge in [0.05, 0.1) is 25.6 Å². The standard InChI is InChI=1S/C25H23ClN4O3/c1-15-6-5-7-17(12-15)24-28-23(29-30(24)18-9-8-16(2)20(26)13-18)25(31)27-21-14-19(32-3)10-11-22(21)33-4/h5-14H,1-4H3,(H,27,31). The number of aromatic nitrogens is 3. The van der Waals surface area contributed by atoms with E-state index in [9.17, 15) is 4.79 Å². The third-order valence-electron chi connectivity index (χ3n) is 5.14. The average Bonchev–Trinajstić information content (AvgIpc) is 3.26. The molecule has 33 heavy (non-hydrogen) atoms. The first-order chi connectivity index (χ1) is 15.9. The molecule has 7 nitrogen and oxygen atoms in total. The number of nitrogens with zero attached hydrogens (tertiary/aromatic N) is 3. The summed E-state index contributed by atoms with van der Waals surface area (Å²) in [4.78, 5) is 17.7. The minimum absolute atomic E-state index is 0.00748. The van der Waals surface area contributed by atoms with Crippen molar-refractivity contribution in [2.24, 2.45) is 0 Å². The molecule has 1 heterocycles. The second kappa shape index (κ2) is 9.34. The summed E-state index contributed by atoms with van der Waals surface area (Å²) in [5.41, 5.74) is 4.00. The first-order valence-electron chi connectivity index (χ1n) is 10.2. The molecule has 4 rings (SSSR count). The summed E-state index contributed by atoms with van der Waals surface area (Å²) in [6, 6.07) is 18.6. The van der Waals surface area contributed by atoms with Gasteiger partial charge in [-0.15, -0.1) is 5.10 Å². The number of hydrogen-bond acceptors (Lipinski definition) is 5. The summed E-state index contributed by atoms with van der Waals surface area (Å²) in [5, 5.41) is 7.94. The van der Waals surface area contributed by atoms with E-state index in [0.29, 0.717) is 33.7 Å². The SMILES string of the molecule is COc1ccc(OC)c(NC(=O)c2nc(-c3cccc(C)c3)n(-c3ccc(C)c(Cl)c3)n2)c1. The maximum absolute atomic E-state index is 13.1. The first-order valence-corrected chi connectivity index (χ1v) is 10.6. The zero-order chi connectivity index (χ0) is 23.5. The number of rotatable bonds is 6. The highest BCUT2D eigenvalue weighted by Crippen LogP contribution is 2.30. The van der Waals surface area contributed by atoms with E-state index in [0.717, 1.165) is 16.7 Å². The number of carbonyl (C=O) groups excluding carboxylic acids is 1. The maximum atomic E-state index is 13.1. The van der Waals surface area contributed by atoms with Crippen molar-refractivity contribution in [1.82, 2.24) is 14.8 Å². The lowest BCUT2D eigenvalue weighted by molar-refractivity contribution is 0.101. The third kappa shape index (κ3) is 4.68. The molecular formula is C25H23ClN4O3. The van der Waals surface area contributed by atoms with Crippen LogP contribution >= 0.6 is 11.6 Å². The van der Waals surface area contributed by atoms with Gasteiger partial charge in [0, 0.05) is 16.7 Å². The van der Waals surface area contributed by atoms with Crippen molar-refractivity contribution in [1.29, 1.82) is 0 Å². The highest BCUT2D eigenvalue weighted by atomic mass is 35.5. The number of methoxy groups -OCH3 is 2. The largest absolute Gasteiger partial charge is 0.497 e. The number of nitrogens with one attached hydrogen (secondary N) is 1. The molecule has 4 aromatic rings. The average molecular weight is 463 g/mol. The van der Waals surface area contributed by atoms with Gasteiger partial charge >= 0.3 is 0 Å². The highest BCUT2D eigenvalue weighted by molar-refractivity contribution is 6.31. The molecule has 8 heteroatoms. The zero-order valence-corrected chi connectivity index (χ0v) is 19.5. The Kier molecular flexibility index (Phi) is 6.33. The molecule has 1 amide bonds. The van der Waals surface area contributed by atoms with Crippen LogP contribution in [0.5, 0.6) is 11.5 Å². The quantitative estimate of drug-likeness (QED) is 0.411. The van der Waals surface area contributed by atoms with E-state index in [2.05, 4.69) is 15.4 Å². The van der Waals surface area contributed by atoms with Gasteiger partial charge in [0.15, 0.2) is 5.82 Å². The molecule has 3 aromatic carbocycles. The lowest BCUT2D eigenvalue weighted by Gasteiger charge is -2.10. The Hall–Kier alpha value is -3.84. The summed E-state index contributed by atoms with van der Waals surface area (Å²) in [5.74, 6) is 1.13. The van der Waals surface area contributed by atoms with E-state index in [-0.39, 0.29) is 5.82 Å². The summed E-state index contributed by atoms with van der Waals surface area (Å²) >= 11 is 6.36. The molecule has 0 aliphatic heterocycles. The Bertz CT molecular complexity index is 1330. The number of hydrogen-bond donors (Lipinski definition) is 1. The van der Waals surface area contributed by atoms with E-state index in [1.807, 2.05) is 50.2 Å². The summed E-state index contributed by atoms with van der Waals surface area (Å²) in [6.07, 6.45) is 0. The Balaban J connectivity index is 1.78. The van der Waals surface area contributed by atoms with Crippen molar-refractivity contribution in [3.05, 3.63) is 82.6 Å². The molecule has 0 aliphatic rings. The summed E-state index contributed by atoms with van der Waals surface area (Å²) < 4.78 is 12.2. The molecule has 0 saturated heterocycles. The molecule has 0 aliphatic carbocycles. The van der Waals surface area contributed by atoms with Gasteiger partial charge in [-0.3, -0.25) is 4.79 Å². The van der Waals surface area contributed by atoms with Crippen LogP contribution in [0.25, 0.3) is 17.1 Å². The maximum Gasteiger partial charge on any atom is 0.295 e. The van der Waals surface area contributed by atoms with E-state index in [1.54, 1.807) is 36.1 Å². The smallest absolute Gasteiger partial charge is 0.295 e. The van der Waals surface area contributed by atoms with Crippen LogP contribution in [-0.2, 0) is 0 Å². The number of ether oxygens (including phenoxy) is 2. The normalized spacial score (nSPS) is 10.7. The van der Waals surface area contributed by atoms with Gasteiger partial charge in [0.1, 0.15) is 11.5 Å². The number of carbonyl (C=O) groups is 1. The molecule has 0 spiro atoms. The van der Waals surface area contributed by atoms with E-state index in [4.69, 9.17) is 21.1 Å². The van der Waals surface area contributed by atoms with Crippen LogP contribution in [-0.4, -0.2) is 34.9 Å². The molecule has 0 fully saturated rings. The van der Waals surface area contributed by atoms with Crippen LogP contribution in [0.15, 0.2) is 60.7 Å². The van der Waals surface area contributed by atoms with E-state index < -0.39 is 5.91 Å². The van der Waals surface area contributed by atoms with Crippen molar-refractivity contribution in [3.63, 3.8) is 0 Å². The van der Waals surface area contributed by atoms with Gasteiger partial charge in [0.25, 0.3) is 5.91 Å². The van der Waals surface area contributed by atoms with Crippen LogP contribution in [0.3, 0.4) is 0 Å². The number of halogens is 1. The Morgan fingerprint density at radius 3 is 2.52 bits per heavy atom. The van der Waals surface area contributed by atoms with Crippen LogP contribution in [0.2, 0.25) is 5.02 Å². The second-order valence-corrected chi connectivity index (χ2v) is 7.90. The predicted octanol–water partition coefficient (Wildman–Crippen LogP) is 5.47. The lowest BCUT2D eigenvalue weighted by atomic mass is 10.1. The van der Waals surface area contributed by atoms with E-state index >= 15 is 0 Å². The van der Waals surface area contributed by atoms with Crippen molar-refractivity contribution >= 4 is 23.2 Å². The van der Waals surface area contributed by atoms with Crippen LogP contribution < -0.4 is 14.8 Å². The zero-order valence-electron chi connectivity index (χ0n) is 18.7. The van der Waals surface area contributed by atoms with Crippen molar-refractivity contribution in [2.45, 2.75) is 13.8 Å². The van der Waals surface area contributed by atoms with Crippen LogP contribution in [0, 0.1) is 13.8 Å². The molecule has 1 aromatic heterocycles. The Morgan fingerprint density at radius 1 is 1.00 bits per heavy atom. The number of amides is 1. The molecule has 168 valence electrons. The highest BCUT2D eigenvalue weighted by Gasteiger charge is 2.21. The Labute approximate surface area is 196 Å². The molecule has 0 radical (unpaired) electrons. The van der Waals surface area contributed by atoms with Gasteiger partial charge in [-0.2, -0.15) is 0 Å². The van der Waals surface area contributed by atoms with Gasteiger partial charge < -0.3 is 14.8 Å². The molecule has 0 bridgehead atoms. The summed E-state index contributed by atoms with van der Waals surface area (Å²) in [6.45, 7) is 3.92. The van der Waals surface area contributed by atoms with E-state index in [1.165, 1.54) is 7.11 Å². The number of benzene rings is 3. The molecule has 0 atom stereocenters. The monoisotopic (exact) mass is 462 g/mol. The number of anilines is 1. The molecule has 0 saturated carbocycles. The second-order valence-electron chi connectivity index (χ2n) is 7.49. The fourth-order valence-electron chi connectivity index (χ4n) is 3.36. The fraction of sp³-hybridized carbons (Fsp3) is 0.160. The fourth-order valence-corrected chi connectivity index (χ4v) is 3.54. The lowest BCUT2D eigenvalue weighted by Crippen LogP contribution is -2.15. The van der Waals surface area contributed by atoms with Crippen molar-refractivity contribution in [3.8, 4) is 28.6 Å². The molecule has 0 unspecified atom stereocenters. The predicted molar refractivity (Wildman–Crippen MR) is 129 cm³/mol. The topological polar surface area (TPSA) is 78.3 Å². The third-order valence-corrected chi connectivity index (χ3v) is 5.55. The van der Waals surface area contributed by atoms with Crippen molar-refractivity contribution < 1.29 is 14.3 Å². The molecule has 1 N–H and O–H groups in total. The van der Waals surface area contributed by atoms with Crippen LogP contribution in [0.1, 0.15) is 21.7 Å². The van der Waals surface area contributed by atoms with Crippen molar-refractivity contribution in [2.75, 3.05) is 19.5 Å². The van der Waals surface area contributed by atoms with Gasteiger partial charge in [-0.05, 0) is 49.7 Å². The molecular weight excluding hydrogens is 440 g/mol. The van der Waals surface area contributed by atoms with Gasteiger partial charge in [-0.1, -0.05) is 41.4 Å².